The largest absolute Gasteiger partial charge is 0.506 e. The lowest BCUT2D eigenvalue weighted by molar-refractivity contribution is 0.470. The van der Waals surface area contributed by atoms with Crippen LogP contribution in [0.2, 0.25) is 0 Å². The average molecular weight is 375 g/mol. The minimum Gasteiger partial charge on any atom is -0.506 e. The molecule has 0 radical (unpaired) electrons. The number of pyridine rings is 2. The summed E-state index contributed by atoms with van der Waals surface area (Å²) >= 11 is 3.54. The number of aryl methyl sites for hydroxylation is 1. The Labute approximate surface area is 144 Å². The van der Waals surface area contributed by atoms with E-state index in [0.717, 1.165) is 47.2 Å². The van der Waals surface area contributed by atoms with Crippen LogP contribution in [0.15, 0.2) is 40.2 Å². The molecule has 3 heterocycles. The van der Waals surface area contributed by atoms with Crippen LogP contribution in [0.5, 0.6) is 5.75 Å². The summed E-state index contributed by atoms with van der Waals surface area (Å²) in [5.74, 6) is 1.05. The third-order valence-electron chi connectivity index (χ3n) is 3.88. The Morgan fingerprint density at radius 2 is 2.26 bits per heavy atom. The summed E-state index contributed by atoms with van der Waals surface area (Å²) in [4.78, 5) is 8.88. The fraction of sp³-hybridized carbons (Fsp3) is 0.353. The van der Waals surface area contributed by atoms with Crippen LogP contribution in [-0.4, -0.2) is 27.3 Å². The lowest BCUT2D eigenvalue weighted by Gasteiger charge is -2.24. The average Bonchev–Trinajstić information content (AvgIpc) is 2.99. The summed E-state index contributed by atoms with van der Waals surface area (Å²) in [5, 5.41) is 16.1. The molecule has 2 aromatic rings. The molecule has 0 saturated heterocycles. The van der Waals surface area contributed by atoms with Crippen molar-refractivity contribution in [2.45, 2.75) is 38.6 Å². The van der Waals surface area contributed by atoms with Crippen LogP contribution in [0.4, 0.5) is 5.82 Å². The van der Waals surface area contributed by atoms with Crippen molar-refractivity contribution in [2.24, 2.45) is 5.10 Å². The van der Waals surface area contributed by atoms with Crippen molar-refractivity contribution in [2.75, 3.05) is 5.01 Å². The topological polar surface area (TPSA) is 61.6 Å². The van der Waals surface area contributed by atoms with Gasteiger partial charge in [0.05, 0.1) is 16.7 Å². The highest BCUT2D eigenvalue weighted by Gasteiger charge is 2.26. The van der Waals surface area contributed by atoms with Gasteiger partial charge in [-0.05, 0) is 46.1 Å². The van der Waals surface area contributed by atoms with E-state index in [1.807, 2.05) is 29.4 Å². The highest BCUT2D eigenvalue weighted by molar-refractivity contribution is 9.10. The minimum absolute atomic E-state index is 0.189. The minimum atomic E-state index is 0.189. The number of halogens is 1. The van der Waals surface area contributed by atoms with Crippen LogP contribution in [0.3, 0.4) is 0 Å². The van der Waals surface area contributed by atoms with Gasteiger partial charge in [0.2, 0.25) is 0 Å². The molecule has 23 heavy (non-hydrogen) atoms. The van der Waals surface area contributed by atoms with Gasteiger partial charge < -0.3 is 5.11 Å². The predicted octanol–water partition coefficient (Wildman–Crippen LogP) is 3.70. The standard InChI is InChI=1S/C17H19BrN4O/c1-2-4-12-9-14(23)11-20-16(12)10-13-6-8-21-22(13)17-15(18)5-3-7-19-17/h3,5,7-9,11,13,23H,2,4,6,10H2,1H3. The molecule has 6 heteroatoms. The Bertz CT molecular complexity index is 719. The molecule has 1 N–H and O–H groups in total. The van der Waals surface area contributed by atoms with Crippen LogP contribution in [0, 0.1) is 0 Å². The maximum atomic E-state index is 9.68. The fourth-order valence-electron chi connectivity index (χ4n) is 2.81. The molecule has 1 aliphatic heterocycles. The van der Waals surface area contributed by atoms with Gasteiger partial charge in [0.15, 0.2) is 5.82 Å². The lowest BCUT2D eigenvalue weighted by atomic mass is 10.0. The Balaban J connectivity index is 1.84. The molecule has 0 bridgehead atoms. The Kier molecular flexibility index (Phi) is 4.91. The van der Waals surface area contributed by atoms with E-state index in [4.69, 9.17) is 0 Å². The van der Waals surface area contributed by atoms with Crippen molar-refractivity contribution in [3.8, 4) is 5.75 Å². The first-order valence-electron chi connectivity index (χ1n) is 7.78. The molecule has 3 rings (SSSR count). The maximum absolute atomic E-state index is 9.68. The summed E-state index contributed by atoms with van der Waals surface area (Å²) in [7, 11) is 0. The van der Waals surface area contributed by atoms with Crippen LogP contribution in [0.25, 0.3) is 0 Å². The molecule has 0 aromatic carbocycles. The van der Waals surface area contributed by atoms with Gasteiger partial charge in [-0.25, -0.2) is 9.99 Å². The molecule has 0 saturated carbocycles. The van der Waals surface area contributed by atoms with Crippen molar-refractivity contribution in [1.82, 2.24) is 9.97 Å². The van der Waals surface area contributed by atoms with Crippen LogP contribution >= 0.6 is 15.9 Å². The number of nitrogens with zero attached hydrogens (tertiary/aromatic N) is 4. The zero-order valence-electron chi connectivity index (χ0n) is 13.0. The van der Waals surface area contributed by atoms with Gasteiger partial charge in [-0.2, -0.15) is 5.10 Å². The van der Waals surface area contributed by atoms with E-state index in [0.29, 0.717) is 0 Å². The van der Waals surface area contributed by atoms with Crippen LogP contribution < -0.4 is 5.01 Å². The summed E-state index contributed by atoms with van der Waals surface area (Å²) in [6.45, 7) is 2.13. The van der Waals surface area contributed by atoms with Crippen LogP contribution in [0.1, 0.15) is 31.0 Å². The number of hydrogen-bond acceptors (Lipinski definition) is 5. The van der Waals surface area contributed by atoms with Crippen molar-refractivity contribution in [3.05, 3.63) is 46.3 Å². The molecule has 0 amide bonds. The summed E-state index contributed by atoms with van der Waals surface area (Å²) in [6, 6.07) is 5.87. The second-order valence-electron chi connectivity index (χ2n) is 5.59. The smallest absolute Gasteiger partial charge is 0.163 e. The van der Waals surface area contributed by atoms with E-state index in [9.17, 15) is 5.11 Å². The SMILES string of the molecule is CCCc1cc(O)cnc1CC1CC=NN1c1ncccc1Br. The summed E-state index contributed by atoms with van der Waals surface area (Å²) in [5.41, 5.74) is 2.14. The Morgan fingerprint density at radius 1 is 1.39 bits per heavy atom. The molecule has 0 fully saturated rings. The molecule has 1 aliphatic rings. The third-order valence-corrected chi connectivity index (χ3v) is 4.50. The van der Waals surface area contributed by atoms with Gasteiger partial charge in [-0.3, -0.25) is 4.98 Å². The van der Waals surface area contributed by atoms with E-state index in [1.54, 1.807) is 6.20 Å². The number of hydrazone groups is 1. The summed E-state index contributed by atoms with van der Waals surface area (Å²) < 4.78 is 0.927. The predicted molar refractivity (Wildman–Crippen MR) is 94.9 cm³/mol. The van der Waals surface area contributed by atoms with E-state index >= 15 is 0 Å². The number of aromatic nitrogens is 2. The molecule has 1 unspecified atom stereocenters. The first-order chi connectivity index (χ1) is 11.2. The normalized spacial score (nSPS) is 17.0. The number of anilines is 1. The highest BCUT2D eigenvalue weighted by atomic mass is 79.9. The number of aromatic hydroxyl groups is 1. The highest BCUT2D eigenvalue weighted by Crippen LogP contribution is 2.29. The van der Waals surface area contributed by atoms with Gasteiger partial charge in [0.1, 0.15) is 5.75 Å². The first-order valence-corrected chi connectivity index (χ1v) is 8.57. The fourth-order valence-corrected chi connectivity index (χ4v) is 3.25. The van der Waals surface area contributed by atoms with Gasteiger partial charge in [0.25, 0.3) is 0 Å². The van der Waals surface area contributed by atoms with E-state index in [2.05, 4.69) is 37.9 Å². The molecule has 2 aromatic heterocycles. The van der Waals surface area contributed by atoms with Gasteiger partial charge in [-0.15, -0.1) is 0 Å². The first kappa shape index (κ1) is 15.9. The lowest BCUT2D eigenvalue weighted by Crippen LogP contribution is -2.30. The Hall–Kier alpha value is -1.95. The van der Waals surface area contributed by atoms with Crippen molar-refractivity contribution in [3.63, 3.8) is 0 Å². The Morgan fingerprint density at radius 3 is 3.04 bits per heavy atom. The van der Waals surface area contributed by atoms with E-state index in [1.165, 1.54) is 6.20 Å². The second kappa shape index (κ2) is 7.08. The van der Waals surface area contributed by atoms with Gasteiger partial charge >= 0.3 is 0 Å². The summed E-state index contributed by atoms with van der Waals surface area (Å²) in [6.07, 6.45) is 8.78. The van der Waals surface area contributed by atoms with Crippen molar-refractivity contribution >= 4 is 28.0 Å². The molecule has 0 spiro atoms. The molecule has 0 aliphatic carbocycles. The quantitative estimate of drug-likeness (QED) is 0.866. The maximum Gasteiger partial charge on any atom is 0.163 e. The zero-order valence-corrected chi connectivity index (χ0v) is 14.6. The molecule has 120 valence electrons. The molecule has 5 nitrogen and oxygen atoms in total. The van der Waals surface area contributed by atoms with Crippen molar-refractivity contribution < 1.29 is 5.11 Å². The van der Waals surface area contributed by atoms with Crippen LogP contribution in [-0.2, 0) is 12.8 Å². The van der Waals surface area contributed by atoms with Gasteiger partial charge in [-0.1, -0.05) is 13.3 Å². The zero-order chi connectivity index (χ0) is 16.2. The molecular weight excluding hydrogens is 356 g/mol. The second-order valence-corrected chi connectivity index (χ2v) is 6.45. The van der Waals surface area contributed by atoms with E-state index in [-0.39, 0.29) is 11.8 Å². The van der Waals surface area contributed by atoms with Crippen molar-refractivity contribution in [1.29, 1.82) is 0 Å². The number of rotatable bonds is 5. The monoisotopic (exact) mass is 374 g/mol. The molecular formula is C17H19BrN4O. The molecule has 1 atom stereocenters. The van der Waals surface area contributed by atoms with E-state index < -0.39 is 0 Å². The van der Waals surface area contributed by atoms with Gasteiger partial charge in [0, 0.05) is 30.9 Å². The number of hydrogen-bond donors (Lipinski definition) is 1. The third kappa shape index (κ3) is 3.52.